The van der Waals surface area contributed by atoms with Gasteiger partial charge in [-0.3, -0.25) is 9.50 Å². The Morgan fingerprint density at radius 2 is 2.21 bits per heavy atom. The molecular weight excluding hydrogens is 388 g/mol. The number of hydrogen-bond donors (Lipinski definition) is 2. The molecule has 0 spiro atoms. The molecule has 0 aliphatic heterocycles. The highest BCUT2D eigenvalue weighted by atomic mass is 32.1. The molecule has 0 radical (unpaired) electrons. The third kappa shape index (κ3) is 4.61. The van der Waals surface area contributed by atoms with E-state index in [0.717, 1.165) is 52.9 Å². The van der Waals surface area contributed by atoms with Crippen LogP contribution in [0, 0.1) is 6.92 Å². The average molecular weight is 413 g/mol. The Balaban J connectivity index is 1.47. The fraction of sp³-hybridized carbons (Fsp3) is 0.368. The van der Waals surface area contributed by atoms with E-state index in [0.29, 0.717) is 12.4 Å². The summed E-state index contributed by atoms with van der Waals surface area (Å²) in [5, 5.41) is 11.1. The van der Waals surface area contributed by atoms with Crippen molar-refractivity contribution in [3.63, 3.8) is 0 Å². The molecule has 0 amide bonds. The Morgan fingerprint density at radius 3 is 3.00 bits per heavy atom. The molecular formula is C19H24N8OS. The maximum Gasteiger partial charge on any atom is 0.180 e. The lowest BCUT2D eigenvalue weighted by molar-refractivity contribution is 0.111. The fourth-order valence-electron chi connectivity index (χ4n) is 3.01. The molecule has 10 heteroatoms. The third-order valence-electron chi connectivity index (χ3n) is 4.35. The molecule has 0 bridgehead atoms. The number of rotatable bonds is 9. The zero-order valence-corrected chi connectivity index (χ0v) is 17.5. The molecule has 0 saturated carbocycles. The van der Waals surface area contributed by atoms with Crippen molar-refractivity contribution in [1.82, 2.24) is 33.8 Å². The molecule has 0 saturated heterocycles. The van der Waals surface area contributed by atoms with Crippen LogP contribution in [-0.4, -0.2) is 61.1 Å². The number of fused-ring (bicyclic) bond motifs is 1. The number of aromatic nitrogens is 6. The van der Waals surface area contributed by atoms with Gasteiger partial charge in [-0.15, -0.1) is 0 Å². The van der Waals surface area contributed by atoms with E-state index in [-0.39, 0.29) is 0 Å². The lowest BCUT2D eigenvalue weighted by Gasteiger charge is -2.08. The van der Waals surface area contributed by atoms with Crippen LogP contribution in [-0.2, 0) is 11.3 Å². The van der Waals surface area contributed by atoms with Gasteiger partial charge in [-0.2, -0.15) is 9.47 Å². The summed E-state index contributed by atoms with van der Waals surface area (Å²) < 4.78 is 12.2. The zero-order chi connectivity index (χ0) is 20.2. The SMILES string of the molecule is Cc1cn2c(-c3cn[nH]c3)cnc2c(Nc2cc(COCCCN(C)C)ns2)n1. The molecule has 29 heavy (non-hydrogen) atoms. The van der Waals surface area contributed by atoms with Gasteiger partial charge >= 0.3 is 0 Å². The van der Waals surface area contributed by atoms with Crippen LogP contribution in [0.15, 0.2) is 30.9 Å². The number of anilines is 2. The number of nitrogens with zero attached hydrogens (tertiary/aromatic N) is 6. The summed E-state index contributed by atoms with van der Waals surface area (Å²) in [5.74, 6) is 0.696. The highest BCUT2D eigenvalue weighted by molar-refractivity contribution is 7.10. The minimum Gasteiger partial charge on any atom is -0.375 e. The molecule has 152 valence electrons. The van der Waals surface area contributed by atoms with E-state index in [9.17, 15) is 0 Å². The molecule has 4 aromatic rings. The van der Waals surface area contributed by atoms with Crippen LogP contribution in [0.25, 0.3) is 16.9 Å². The van der Waals surface area contributed by atoms with E-state index < -0.39 is 0 Å². The molecule has 0 aromatic carbocycles. The number of imidazole rings is 1. The second-order valence-corrected chi connectivity index (χ2v) is 7.88. The van der Waals surface area contributed by atoms with Gasteiger partial charge in [0.1, 0.15) is 5.00 Å². The van der Waals surface area contributed by atoms with Crippen molar-refractivity contribution in [3.8, 4) is 11.3 Å². The van der Waals surface area contributed by atoms with Gasteiger partial charge in [0.25, 0.3) is 0 Å². The second kappa shape index (κ2) is 8.68. The van der Waals surface area contributed by atoms with Crippen LogP contribution < -0.4 is 5.32 Å². The molecule has 0 aliphatic rings. The largest absolute Gasteiger partial charge is 0.375 e. The minimum atomic E-state index is 0.510. The number of hydrogen-bond acceptors (Lipinski definition) is 8. The molecule has 0 unspecified atom stereocenters. The lowest BCUT2D eigenvalue weighted by Crippen LogP contribution is -2.14. The summed E-state index contributed by atoms with van der Waals surface area (Å²) in [6, 6.07) is 2.00. The van der Waals surface area contributed by atoms with Gasteiger partial charge in [0, 0.05) is 24.6 Å². The van der Waals surface area contributed by atoms with Gasteiger partial charge in [0.15, 0.2) is 11.5 Å². The number of nitrogens with one attached hydrogen (secondary N) is 2. The summed E-state index contributed by atoms with van der Waals surface area (Å²) in [6.07, 6.45) is 8.43. The van der Waals surface area contributed by atoms with E-state index in [1.165, 1.54) is 11.5 Å². The smallest absolute Gasteiger partial charge is 0.180 e. The molecule has 4 rings (SSSR count). The van der Waals surface area contributed by atoms with E-state index in [1.807, 2.05) is 36.0 Å². The van der Waals surface area contributed by atoms with Crippen molar-refractivity contribution in [2.24, 2.45) is 0 Å². The van der Waals surface area contributed by atoms with Crippen LogP contribution in [0.3, 0.4) is 0 Å². The van der Waals surface area contributed by atoms with Gasteiger partial charge in [0.2, 0.25) is 0 Å². The first-order valence-corrected chi connectivity index (χ1v) is 10.2. The van der Waals surface area contributed by atoms with Crippen LogP contribution in [0.4, 0.5) is 10.8 Å². The fourth-order valence-corrected chi connectivity index (χ4v) is 3.66. The van der Waals surface area contributed by atoms with E-state index in [4.69, 9.17) is 4.74 Å². The summed E-state index contributed by atoms with van der Waals surface area (Å²) in [7, 11) is 4.12. The highest BCUT2D eigenvalue weighted by Crippen LogP contribution is 2.27. The Hall–Kier alpha value is -2.82. The van der Waals surface area contributed by atoms with Gasteiger partial charge in [0.05, 0.1) is 36.1 Å². The maximum atomic E-state index is 5.72. The first-order valence-electron chi connectivity index (χ1n) is 9.39. The summed E-state index contributed by atoms with van der Waals surface area (Å²) >= 11 is 1.39. The number of aryl methyl sites for hydroxylation is 1. The van der Waals surface area contributed by atoms with Crippen LogP contribution >= 0.6 is 11.5 Å². The third-order valence-corrected chi connectivity index (χ3v) is 5.09. The quantitative estimate of drug-likeness (QED) is 0.408. The molecule has 0 atom stereocenters. The molecule has 2 N–H and O–H groups in total. The molecule has 4 heterocycles. The van der Waals surface area contributed by atoms with Crippen molar-refractivity contribution in [1.29, 1.82) is 0 Å². The summed E-state index contributed by atoms with van der Waals surface area (Å²) in [6.45, 7) is 4.22. The van der Waals surface area contributed by atoms with Gasteiger partial charge in [-0.05, 0) is 51.6 Å². The normalized spacial score (nSPS) is 11.6. The monoisotopic (exact) mass is 412 g/mol. The van der Waals surface area contributed by atoms with Crippen molar-refractivity contribution in [3.05, 3.63) is 42.2 Å². The van der Waals surface area contributed by atoms with Crippen molar-refractivity contribution in [2.75, 3.05) is 32.6 Å². The van der Waals surface area contributed by atoms with Crippen molar-refractivity contribution in [2.45, 2.75) is 20.0 Å². The maximum absolute atomic E-state index is 5.72. The van der Waals surface area contributed by atoms with E-state index in [2.05, 4.69) is 48.9 Å². The standard InChI is InChI=1S/C19H24N8OS/c1-13-11-27-16(14-8-21-22-9-14)10-20-19(27)18(23-13)24-17-7-15(25-29-17)12-28-6-4-5-26(2)3/h7-11H,4-6,12H2,1-3H3,(H,21,22)(H,23,24). The Morgan fingerprint density at radius 1 is 1.31 bits per heavy atom. The van der Waals surface area contributed by atoms with Crippen LogP contribution in [0.2, 0.25) is 0 Å². The summed E-state index contributed by atoms with van der Waals surface area (Å²) in [4.78, 5) is 11.3. The second-order valence-electron chi connectivity index (χ2n) is 7.07. The number of H-pyrrole nitrogens is 1. The lowest BCUT2D eigenvalue weighted by atomic mass is 10.3. The molecule has 0 fully saturated rings. The first kappa shape index (κ1) is 19.5. The Kier molecular flexibility index (Phi) is 5.84. The van der Waals surface area contributed by atoms with Crippen molar-refractivity contribution < 1.29 is 4.74 Å². The Bertz CT molecular complexity index is 1070. The number of aromatic amines is 1. The minimum absolute atomic E-state index is 0.510. The van der Waals surface area contributed by atoms with Gasteiger partial charge < -0.3 is 15.0 Å². The molecule has 9 nitrogen and oxygen atoms in total. The number of ether oxygens (including phenoxy) is 1. The van der Waals surface area contributed by atoms with Crippen molar-refractivity contribution >= 4 is 28.0 Å². The predicted molar refractivity (Wildman–Crippen MR) is 114 cm³/mol. The predicted octanol–water partition coefficient (Wildman–Crippen LogP) is 3.10. The molecule has 4 aromatic heterocycles. The summed E-state index contributed by atoms with van der Waals surface area (Å²) in [5.41, 5.74) is 4.48. The van der Waals surface area contributed by atoms with Crippen LogP contribution in [0.5, 0.6) is 0 Å². The topological polar surface area (TPSA) is 96.3 Å². The van der Waals surface area contributed by atoms with Gasteiger partial charge in [-0.1, -0.05) is 0 Å². The average Bonchev–Trinajstić information content (AvgIpc) is 3.41. The zero-order valence-electron chi connectivity index (χ0n) is 16.7. The van der Waals surface area contributed by atoms with Crippen LogP contribution in [0.1, 0.15) is 17.8 Å². The van der Waals surface area contributed by atoms with E-state index in [1.54, 1.807) is 6.20 Å². The van der Waals surface area contributed by atoms with E-state index >= 15 is 0 Å². The molecule has 0 aliphatic carbocycles. The Labute approximate surface area is 172 Å². The first-order chi connectivity index (χ1) is 14.1. The van der Waals surface area contributed by atoms with Gasteiger partial charge in [-0.25, -0.2) is 9.97 Å². The highest BCUT2D eigenvalue weighted by Gasteiger charge is 2.13.